The van der Waals surface area contributed by atoms with E-state index >= 15 is 0 Å². The smallest absolute Gasteiger partial charge is 0.132 e. The molecule has 0 saturated carbocycles. The molecule has 0 fully saturated rings. The van der Waals surface area contributed by atoms with Crippen LogP contribution in [0.2, 0.25) is 5.02 Å². The Hall–Kier alpha value is -1.81. The van der Waals surface area contributed by atoms with Gasteiger partial charge in [-0.3, -0.25) is 0 Å². The lowest BCUT2D eigenvalue weighted by Crippen LogP contribution is -2.03. The van der Waals surface area contributed by atoms with E-state index in [1.54, 1.807) is 16.7 Å². The molecule has 2 aromatic rings. The second kappa shape index (κ2) is 4.82. The fourth-order valence-electron chi connectivity index (χ4n) is 1.84. The number of allylic oxidation sites excluding steroid dienone is 1. The van der Waals surface area contributed by atoms with Gasteiger partial charge in [0.05, 0.1) is 0 Å². The van der Waals surface area contributed by atoms with Crippen LogP contribution in [0.15, 0.2) is 30.9 Å². The molecule has 0 aliphatic carbocycles. The molecule has 1 aromatic heterocycles. The van der Waals surface area contributed by atoms with E-state index in [4.69, 9.17) is 17.3 Å². The quantitative estimate of drug-likeness (QED) is 0.864. The van der Waals surface area contributed by atoms with Gasteiger partial charge in [-0.15, -0.1) is 6.58 Å². The van der Waals surface area contributed by atoms with Gasteiger partial charge >= 0.3 is 0 Å². The summed E-state index contributed by atoms with van der Waals surface area (Å²) in [7, 11) is 0. The van der Waals surface area contributed by atoms with E-state index in [0.717, 1.165) is 5.82 Å². The molecule has 0 atom stereocenters. The third-order valence-electron chi connectivity index (χ3n) is 2.65. The Morgan fingerprint density at radius 2 is 2.22 bits per heavy atom. The van der Waals surface area contributed by atoms with E-state index in [0.29, 0.717) is 28.6 Å². The molecule has 0 spiro atoms. The van der Waals surface area contributed by atoms with Crippen LogP contribution in [0.3, 0.4) is 0 Å². The number of aromatic nitrogens is 2. The zero-order chi connectivity index (χ0) is 13.3. The van der Waals surface area contributed by atoms with Gasteiger partial charge in [-0.25, -0.2) is 9.37 Å². The summed E-state index contributed by atoms with van der Waals surface area (Å²) in [5.74, 6) is 0.824. The molecule has 1 heterocycles. The number of nitrogens with two attached hydrogens (primary N) is 1. The monoisotopic (exact) mass is 265 g/mol. The molecule has 0 saturated heterocycles. The Bertz CT molecular complexity index is 584. The number of imidazole rings is 1. The van der Waals surface area contributed by atoms with E-state index < -0.39 is 5.82 Å². The molecule has 94 valence electrons. The first kappa shape index (κ1) is 12.6. The van der Waals surface area contributed by atoms with E-state index in [1.165, 1.54) is 12.1 Å². The molecular formula is C13H13ClFN3. The molecule has 2 N–H and O–H groups in total. The number of anilines is 1. The highest BCUT2D eigenvalue weighted by molar-refractivity contribution is 6.30. The fourth-order valence-corrected chi connectivity index (χ4v) is 2.07. The summed E-state index contributed by atoms with van der Waals surface area (Å²) in [4.78, 5) is 4.35. The molecule has 18 heavy (non-hydrogen) atoms. The predicted molar refractivity (Wildman–Crippen MR) is 72.0 cm³/mol. The zero-order valence-electron chi connectivity index (χ0n) is 9.95. The van der Waals surface area contributed by atoms with Crippen molar-refractivity contribution in [3.8, 4) is 11.3 Å². The third kappa shape index (κ3) is 2.24. The standard InChI is InChI=1S/C13H13ClFN3/c1-3-4-18-8(2)17-12(13(18)16)9-5-10(14)7-11(15)6-9/h3,5-7H,1,4,16H2,2H3. The summed E-state index contributed by atoms with van der Waals surface area (Å²) < 4.78 is 15.1. The minimum absolute atomic E-state index is 0.320. The largest absolute Gasteiger partial charge is 0.383 e. The van der Waals surface area contributed by atoms with Gasteiger partial charge in [-0.1, -0.05) is 17.7 Å². The lowest BCUT2D eigenvalue weighted by molar-refractivity contribution is 0.628. The Balaban J connectivity index is 2.57. The van der Waals surface area contributed by atoms with Crippen molar-refractivity contribution >= 4 is 17.4 Å². The Labute approximate surface area is 110 Å². The number of benzene rings is 1. The van der Waals surface area contributed by atoms with Crippen LogP contribution < -0.4 is 5.73 Å². The highest BCUT2D eigenvalue weighted by Gasteiger charge is 2.14. The van der Waals surface area contributed by atoms with Crippen molar-refractivity contribution in [2.24, 2.45) is 0 Å². The molecule has 0 aliphatic heterocycles. The van der Waals surface area contributed by atoms with Gasteiger partial charge in [0.1, 0.15) is 23.2 Å². The molecule has 1 aromatic carbocycles. The van der Waals surface area contributed by atoms with Crippen molar-refractivity contribution in [3.05, 3.63) is 47.5 Å². The van der Waals surface area contributed by atoms with E-state index in [9.17, 15) is 4.39 Å². The molecule has 0 unspecified atom stereocenters. The first-order valence-electron chi connectivity index (χ1n) is 5.43. The van der Waals surface area contributed by atoms with Crippen LogP contribution in [-0.4, -0.2) is 9.55 Å². The third-order valence-corrected chi connectivity index (χ3v) is 2.86. The first-order chi connectivity index (χ1) is 8.52. The number of rotatable bonds is 3. The first-order valence-corrected chi connectivity index (χ1v) is 5.80. The number of nitrogens with zero attached hydrogens (tertiary/aromatic N) is 2. The Morgan fingerprint density at radius 1 is 1.50 bits per heavy atom. The minimum Gasteiger partial charge on any atom is -0.383 e. The maximum Gasteiger partial charge on any atom is 0.132 e. The topological polar surface area (TPSA) is 43.8 Å². The summed E-state index contributed by atoms with van der Waals surface area (Å²) in [6, 6.07) is 4.25. The van der Waals surface area contributed by atoms with Crippen LogP contribution in [-0.2, 0) is 6.54 Å². The normalized spacial score (nSPS) is 10.6. The Morgan fingerprint density at radius 3 is 2.83 bits per heavy atom. The molecule has 0 amide bonds. The average molecular weight is 266 g/mol. The predicted octanol–water partition coefficient (Wildman–Crippen LogP) is 3.42. The minimum atomic E-state index is -0.409. The highest BCUT2D eigenvalue weighted by Crippen LogP contribution is 2.29. The molecule has 0 aliphatic rings. The number of halogens is 2. The van der Waals surface area contributed by atoms with Gasteiger partial charge in [-0.2, -0.15) is 0 Å². The van der Waals surface area contributed by atoms with Crippen LogP contribution in [0, 0.1) is 12.7 Å². The molecule has 0 bridgehead atoms. The van der Waals surface area contributed by atoms with Gasteiger partial charge < -0.3 is 10.3 Å². The fraction of sp³-hybridized carbons (Fsp3) is 0.154. The van der Waals surface area contributed by atoms with E-state index in [2.05, 4.69) is 11.6 Å². The van der Waals surface area contributed by atoms with Gasteiger partial charge in [0, 0.05) is 17.1 Å². The number of aryl methyl sites for hydroxylation is 1. The summed E-state index contributed by atoms with van der Waals surface area (Å²) in [6.07, 6.45) is 1.73. The maximum absolute atomic E-state index is 13.3. The van der Waals surface area contributed by atoms with Gasteiger partial charge in [0.25, 0.3) is 0 Å². The SMILES string of the molecule is C=CCn1c(C)nc(-c2cc(F)cc(Cl)c2)c1N. The van der Waals surface area contributed by atoms with Crippen LogP contribution in [0.1, 0.15) is 5.82 Å². The van der Waals surface area contributed by atoms with Crippen LogP contribution in [0.25, 0.3) is 11.3 Å². The van der Waals surface area contributed by atoms with Crippen molar-refractivity contribution in [3.63, 3.8) is 0 Å². The lowest BCUT2D eigenvalue weighted by atomic mass is 10.1. The van der Waals surface area contributed by atoms with Crippen molar-refractivity contribution in [1.29, 1.82) is 0 Å². The van der Waals surface area contributed by atoms with Crippen LogP contribution in [0.5, 0.6) is 0 Å². The second-order valence-corrected chi connectivity index (χ2v) is 4.39. The summed E-state index contributed by atoms with van der Waals surface area (Å²) in [5, 5.41) is 0.320. The number of hydrogen-bond donors (Lipinski definition) is 1. The van der Waals surface area contributed by atoms with Crippen molar-refractivity contribution in [2.45, 2.75) is 13.5 Å². The summed E-state index contributed by atoms with van der Waals surface area (Å²) in [6.45, 7) is 6.06. The number of hydrogen-bond acceptors (Lipinski definition) is 2. The van der Waals surface area contributed by atoms with Crippen molar-refractivity contribution in [1.82, 2.24) is 9.55 Å². The second-order valence-electron chi connectivity index (χ2n) is 3.95. The average Bonchev–Trinajstić information content (AvgIpc) is 2.56. The molecular weight excluding hydrogens is 253 g/mol. The van der Waals surface area contributed by atoms with Crippen molar-refractivity contribution in [2.75, 3.05) is 5.73 Å². The Kier molecular flexibility index (Phi) is 3.39. The molecule has 0 radical (unpaired) electrons. The number of nitrogen functional groups attached to an aromatic ring is 1. The summed E-state index contributed by atoms with van der Waals surface area (Å²) in [5.41, 5.74) is 7.12. The van der Waals surface area contributed by atoms with Crippen molar-refractivity contribution < 1.29 is 4.39 Å². The maximum atomic E-state index is 13.3. The molecule has 5 heteroatoms. The molecule has 2 rings (SSSR count). The summed E-state index contributed by atoms with van der Waals surface area (Å²) >= 11 is 5.83. The van der Waals surface area contributed by atoms with Crippen LogP contribution >= 0.6 is 11.6 Å². The zero-order valence-corrected chi connectivity index (χ0v) is 10.7. The van der Waals surface area contributed by atoms with Gasteiger partial charge in [0.15, 0.2) is 0 Å². The van der Waals surface area contributed by atoms with Gasteiger partial charge in [0.2, 0.25) is 0 Å². The van der Waals surface area contributed by atoms with Crippen LogP contribution in [0.4, 0.5) is 10.2 Å². The highest BCUT2D eigenvalue weighted by atomic mass is 35.5. The van der Waals surface area contributed by atoms with E-state index in [1.807, 2.05) is 6.92 Å². The molecule has 3 nitrogen and oxygen atoms in total. The van der Waals surface area contributed by atoms with Gasteiger partial charge in [-0.05, 0) is 25.1 Å². The lowest BCUT2D eigenvalue weighted by Gasteiger charge is -2.04. The van der Waals surface area contributed by atoms with E-state index in [-0.39, 0.29) is 0 Å².